The van der Waals surface area contributed by atoms with Gasteiger partial charge in [-0.25, -0.2) is 4.79 Å². The zero-order chi connectivity index (χ0) is 17.9. The summed E-state index contributed by atoms with van der Waals surface area (Å²) in [5, 5.41) is 3.26. The van der Waals surface area contributed by atoms with E-state index in [0.717, 1.165) is 19.3 Å². The van der Waals surface area contributed by atoms with Gasteiger partial charge >= 0.3 is 6.09 Å². The molecule has 24 heavy (non-hydrogen) atoms. The summed E-state index contributed by atoms with van der Waals surface area (Å²) in [5.74, 6) is 1.17. The number of carbonyl (C=O) groups excluding carboxylic acids is 2. The van der Waals surface area contributed by atoms with Crippen LogP contribution in [-0.4, -0.2) is 41.6 Å². The van der Waals surface area contributed by atoms with Gasteiger partial charge in [0, 0.05) is 19.1 Å². The maximum absolute atomic E-state index is 12.7. The molecule has 2 amide bonds. The van der Waals surface area contributed by atoms with Gasteiger partial charge in [0.25, 0.3) is 0 Å². The summed E-state index contributed by atoms with van der Waals surface area (Å²) >= 11 is 0. The number of carbonyl (C=O) groups is 2. The van der Waals surface area contributed by atoms with Gasteiger partial charge in [-0.2, -0.15) is 0 Å². The van der Waals surface area contributed by atoms with Gasteiger partial charge < -0.3 is 15.0 Å². The van der Waals surface area contributed by atoms with Gasteiger partial charge in [0.1, 0.15) is 5.60 Å². The fourth-order valence-corrected chi connectivity index (χ4v) is 3.77. The van der Waals surface area contributed by atoms with E-state index in [1.54, 1.807) is 4.90 Å². The highest BCUT2D eigenvalue weighted by Gasteiger charge is 2.34. The molecule has 0 unspecified atom stereocenters. The summed E-state index contributed by atoms with van der Waals surface area (Å²) in [6.07, 6.45) is 4.91. The molecule has 5 heteroatoms. The predicted molar refractivity (Wildman–Crippen MR) is 94.6 cm³/mol. The van der Waals surface area contributed by atoms with Crippen molar-refractivity contribution in [2.75, 3.05) is 13.1 Å². The van der Waals surface area contributed by atoms with E-state index in [2.05, 4.69) is 19.2 Å². The van der Waals surface area contributed by atoms with E-state index in [1.807, 2.05) is 20.8 Å². The average molecular weight is 338 g/mol. The molecule has 2 rings (SSSR count). The Kier molecular flexibility index (Phi) is 6.16. The summed E-state index contributed by atoms with van der Waals surface area (Å²) in [4.78, 5) is 26.6. The number of likely N-dealkylation sites (tertiary alicyclic amines) is 1. The van der Waals surface area contributed by atoms with Crippen molar-refractivity contribution in [3.63, 3.8) is 0 Å². The number of hydrogen-bond acceptors (Lipinski definition) is 3. The molecule has 1 aliphatic carbocycles. The molecule has 0 aromatic heterocycles. The highest BCUT2D eigenvalue weighted by atomic mass is 16.6. The first-order valence-corrected chi connectivity index (χ1v) is 9.45. The van der Waals surface area contributed by atoms with Crippen molar-refractivity contribution < 1.29 is 14.3 Å². The Labute approximate surface area is 146 Å². The summed E-state index contributed by atoms with van der Waals surface area (Å²) < 4.78 is 5.44. The van der Waals surface area contributed by atoms with Crippen LogP contribution in [0.4, 0.5) is 4.79 Å². The predicted octanol–water partition coefficient (Wildman–Crippen LogP) is 3.57. The van der Waals surface area contributed by atoms with Crippen molar-refractivity contribution >= 4 is 12.0 Å². The molecule has 138 valence electrons. The summed E-state index contributed by atoms with van der Waals surface area (Å²) in [7, 11) is 0. The number of nitrogens with one attached hydrogen (secondary N) is 1. The van der Waals surface area contributed by atoms with Crippen LogP contribution >= 0.6 is 0 Å². The zero-order valence-corrected chi connectivity index (χ0v) is 15.9. The first-order chi connectivity index (χ1) is 11.2. The molecule has 0 radical (unpaired) electrons. The van der Waals surface area contributed by atoms with Crippen LogP contribution in [0.25, 0.3) is 0 Å². The molecule has 1 aliphatic heterocycles. The lowest BCUT2D eigenvalue weighted by Gasteiger charge is -2.37. The molecule has 4 atom stereocenters. The van der Waals surface area contributed by atoms with Crippen LogP contribution in [0.5, 0.6) is 0 Å². The Morgan fingerprint density at radius 2 is 1.79 bits per heavy atom. The molecule has 0 spiro atoms. The molecule has 0 aromatic rings. The molecule has 0 aromatic carbocycles. The molecule has 1 N–H and O–H groups in total. The van der Waals surface area contributed by atoms with E-state index in [9.17, 15) is 9.59 Å². The second-order valence-corrected chi connectivity index (χ2v) is 8.65. The number of hydrogen-bond donors (Lipinski definition) is 1. The van der Waals surface area contributed by atoms with Gasteiger partial charge in [-0.1, -0.05) is 26.7 Å². The SMILES string of the molecule is C[C@H]1[C@H](C)CCC[C@@H]1NC(=O)[C@H]1CCCN(C(=O)OC(C)(C)C)C1. The minimum atomic E-state index is -0.500. The zero-order valence-electron chi connectivity index (χ0n) is 15.9. The third-order valence-corrected chi connectivity index (χ3v) is 5.48. The van der Waals surface area contributed by atoms with Crippen LogP contribution in [0, 0.1) is 17.8 Å². The second-order valence-electron chi connectivity index (χ2n) is 8.65. The normalized spacial score (nSPS) is 31.5. The number of amides is 2. The van der Waals surface area contributed by atoms with E-state index in [0.29, 0.717) is 24.9 Å². The Bertz CT molecular complexity index is 458. The molecule has 1 heterocycles. The second kappa shape index (κ2) is 7.75. The Morgan fingerprint density at radius 1 is 1.08 bits per heavy atom. The third kappa shape index (κ3) is 5.12. The van der Waals surface area contributed by atoms with E-state index in [1.165, 1.54) is 12.8 Å². The Morgan fingerprint density at radius 3 is 2.46 bits per heavy atom. The van der Waals surface area contributed by atoms with Gasteiger partial charge in [-0.15, -0.1) is 0 Å². The molecule has 5 nitrogen and oxygen atoms in total. The van der Waals surface area contributed by atoms with Gasteiger partial charge in [-0.3, -0.25) is 4.79 Å². The molecule has 0 bridgehead atoms. The molecular weight excluding hydrogens is 304 g/mol. The maximum atomic E-state index is 12.7. The van der Waals surface area contributed by atoms with Crippen LogP contribution in [0.1, 0.15) is 66.7 Å². The van der Waals surface area contributed by atoms with Gasteiger partial charge in [0.2, 0.25) is 5.91 Å². The van der Waals surface area contributed by atoms with E-state index in [-0.39, 0.29) is 24.0 Å². The van der Waals surface area contributed by atoms with E-state index in [4.69, 9.17) is 4.74 Å². The van der Waals surface area contributed by atoms with E-state index < -0.39 is 5.60 Å². The standard InChI is InChI=1S/C19H34N2O3/c1-13-8-6-10-16(14(13)2)20-17(22)15-9-7-11-21(12-15)18(23)24-19(3,4)5/h13-16H,6-12H2,1-5H3,(H,20,22)/t13-,14+,15+,16+/m1/s1. The van der Waals surface area contributed by atoms with Crippen molar-refractivity contribution in [3.8, 4) is 0 Å². The largest absolute Gasteiger partial charge is 0.444 e. The summed E-state index contributed by atoms with van der Waals surface area (Å²) in [6.45, 7) is 11.3. The topological polar surface area (TPSA) is 58.6 Å². The number of nitrogens with zero attached hydrogens (tertiary/aromatic N) is 1. The first kappa shape index (κ1) is 19.1. The summed E-state index contributed by atoms with van der Waals surface area (Å²) in [5.41, 5.74) is -0.500. The molecule has 2 aliphatic rings. The quantitative estimate of drug-likeness (QED) is 0.837. The average Bonchev–Trinajstić information content (AvgIpc) is 2.50. The monoisotopic (exact) mass is 338 g/mol. The molecular formula is C19H34N2O3. The van der Waals surface area contributed by atoms with Crippen molar-refractivity contribution in [2.45, 2.75) is 78.4 Å². The fourth-order valence-electron chi connectivity index (χ4n) is 3.77. The van der Waals surface area contributed by atoms with Crippen LogP contribution < -0.4 is 5.32 Å². The van der Waals surface area contributed by atoms with Crippen LogP contribution in [-0.2, 0) is 9.53 Å². The van der Waals surface area contributed by atoms with Crippen molar-refractivity contribution in [2.24, 2.45) is 17.8 Å². The van der Waals surface area contributed by atoms with Crippen molar-refractivity contribution in [1.29, 1.82) is 0 Å². The highest BCUT2D eigenvalue weighted by molar-refractivity contribution is 5.80. The maximum Gasteiger partial charge on any atom is 0.410 e. The lowest BCUT2D eigenvalue weighted by atomic mass is 9.78. The third-order valence-electron chi connectivity index (χ3n) is 5.48. The van der Waals surface area contributed by atoms with Crippen molar-refractivity contribution in [1.82, 2.24) is 10.2 Å². The van der Waals surface area contributed by atoms with Crippen molar-refractivity contribution in [3.05, 3.63) is 0 Å². The summed E-state index contributed by atoms with van der Waals surface area (Å²) in [6, 6.07) is 0.276. The fraction of sp³-hybridized carbons (Fsp3) is 0.895. The highest BCUT2D eigenvalue weighted by Crippen LogP contribution is 2.30. The van der Waals surface area contributed by atoms with Crippen LogP contribution in [0.2, 0.25) is 0 Å². The first-order valence-electron chi connectivity index (χ1n) is 9.45. The smallest absolute Gasteiger partial charge is 0.410 e. The Balaban J connectivity index is 1.89. The molecule has 1 saturated carbocycles. The number of ether oxygens (including phenoxy) is 1. The van der Waals surface area contributed by atoms with Gasteiger partial charge in [0.15, 0.2) is 0 Å². The number of rotatable bonds is 2. The minimum Gasteiger partial charge on any atom is -0.444 e. The van der Waals surface area contributed by atoms with Gasteiger partial charge in [0.05, 0.1) is 5.92 Å². The van der Waals surface area contributed by atoms with Gasteiger partial charge in [-0.05, 0) is 51.9 Å². The number of piperidine rings is 1. The van der Waals surface area contributed by atoms with Crippen LogP contribution in [0.15, 0.2) is 0 Å². The lowest BCUT2D eigenvalue weighted by molar-refractivity contribution is -0.128. The van der Waals surface area contributed by atoms with E-state index >= 15 is 0 Å². The van der Waals surface area contributed by atoms with Crippen LogP contribution in [0.3, 0.4) is 0 Å². The Hall–Kier alpha value is -1.26. The molecule has 1 saturated heterocycles. The minimum absolute atomic E-state index is 0.106. The lowest BCUT2D eigenvalue weighted by Crippen LogP contribution is -2.50. The molecule has 2 fully saturated rings.